The summed E-state index contributed by atoms with van der Waals surface area (Å²) in [5, 5.41) is 22.1. The second kappa shape index (κ2) is 16.6. The average Bonchev–Trinajstić information content (AvgIpc) is 3.56. The average molecular weight is 767 g/mol. The van der Waals surface area contributed by atoms with Crippen molar-refractivity contribution < 1.29 is 79.8 Å². The molecule has 0 saturated carbocycles. The van der Waals surface area contributed by atoms with Gasteiger partial charge in [0.1, 0.15) is 23.9 Å². The number of ether oxygens (including phenoxy) is 5. The van der Waals surface area contributed by atoms with Gasteiger partial charge in [0, 0.05) is 23.2 Å². The smallest absolute Gasteiger partial charge is 0.464 e. The number of hydrogen-bond acceptors (Lipinski definition) is 18. The van der Waals surface area contributed by atoms with Crippen LogP contribution in [0.3, 0.4) is 0 Å². The second-order valence-corrected chi connectivity index (χ2v) is 14.1. The van der Waals surface area contributed by atoms with E-state index in [2.05, 4.69) is 13.8 Å². The predicted molar refractivity (Wildman–Crippen MR) is 168 cm³/mol. The lowest BCUT2D eigenvalue weighted by molar-refractivity contribution is -0.0980. The van der Waals surface area contributed by atoms with Crippen molar-refractivity contribution in [2.24, 2.45) is 0 Å². The summed E-state index contributed by atoms with van der Waals surface area (Å²) in [4.78, 5) is 59.8. The maximum Gasteiger partial charge on any atom is 0.510 e. The zero-order valence-electron chi connectivity index (χ0n) is 27.7. The number of hydrogen-bond donors (Lipinski definition) is 3. The van der Waals surface area contributed by atoms with Gasteiger partial charge in [-0.25, -0.2) is 32.6 Å². The van der Waals surface area contributed by atoms with Gasteiger partial charge >= 0.3 is 33.6 Å². The first-order chi connectivity index (χ1) is 23.9. The summed E-state index contributed by atoms with van der Waals surface area (Å²) in [6.07, 6.45) is -11.3. The molecule has 0 amide bonds. The minimum atomic E-state index is -5.54. The van der Waals surface area contributed by atoms with Crippen molar-refractivity contribution in [2.75, 3.05) is 13.7 Å². The van der Waals surface area contributed by atoms with Crippen LogP contribution in [-0.2, 0) is 57.2 Å². The molecule has 2 aromatic heterocycles. The number of aromatic nitrogens is 2. The number of para-hydroxylation sites is 1. The number of aliphatic hydroxyl groups excluding tert-OH is 2. The molecule has 1 aliphatic rings. The van der Waals surface area contributed by atoms with E-state index in [1.165, 1.54) is 20.1 Å². The minimum Gasteiger partial charge on any atom is -0.464 e. The maximum atomic E-state index is 13.4. The normalized spacial score (nSPS) is 22.5. The molecule has 0 spiro atoms. The zero-order chi connectivity index (χ0) is 37.7. The van der Waals surface area contributed by atoms with Crippen LogP contribution < -0.4 is 11.2 Å². The molecule has 3 N–H and O–H groups in total. The Morgan fingerprint density at radius 3 is 2.24 bits per heavy atom. The molecule has 4 rings (SSSR count). The van der Waals surface area contributed by atoms with Gasteiger partial charge in [-0.1, -0.05) is 18.2 Å². The van der Waals surface area contributed by atoms with E-state index in [1.54, 1.807) is 24.3 Å². The summed E-state index contributed by atoms with van der Waals surface area (Å²) in [6.45, 7) is 3.78. The number of nitrogens with zero attached hydrogens (tertiary/aromatic N) is 2. The van der Waals surface area contributed by atoms with E-state index < -0.39 is 89.0 Å². The lowest BCUT2D eigenvalue weighted by Gasteiger charge is -2.25. The van der Waals surface area contributed by atoms with Crippen LogP contribution in [0.2, 0.25) is 0 Å². The summed E-state index contributed by atoms with van der Waals surface area (Å²) in [5.41, 5.74) is -0.595. The van der Waals surface area contributed by atoms with E-state index in [0.29, 0.717) is 16.5 Å². The zero-order valence-corrected chi connectivity index (χ0v) is 29.4. The van der Waals surface area contributed by atoms with Crippen molar-refractivity contribution in [1.29, 1.82) is 0 Å². The number of fused-ring (bicyclic) bond motifs is 1. The summed E-state index contributed by atoms with van der Waals surface area (Å²) in [5.74, 6) is 0. The number of methoxy groups -OCH3 is 1. The quantitative estimate of drug-likeness (QED) is 0.114. The van der Waals surface area contributed by atoms with Gasteiger partial charge in [0.25, 0.3) is 5.56 Å². The third-order valence-corrected chi connectivity index (χ3v) is 9.99. The highest BCUT2D eigenvalue weighted by atomic mass is 31.3. The summed E-state index contributed by atoms with van der Waals surface area (Å²) in [7, 11) is -9.95. The number of furan rings is 1. The van der Waals surface area contributed by atoms with Crippen LogP contribution in [-0.4, -0.2) is 87.3 Å². The van der Waals surface area contributed by atoms with Gasteiger partial charge in [0.2, 0.25) is 12.6 Å². The fourth-order valence-corrected chi connectivity index (χ4v) is 7.33. The molecule has 5 unspecified atom stereocenters. The van der Waals surface area contributed by atoms with E-state index in [1.807, 2.05) is 0 Å². The van der Waals surface area contributed by atoms with Crippen LogP contribution >= 0.6 is 15.6 Å². The molecule has 21 nitrogen and oxygen atoms in total. The SMILES string of the molecule is COC(=O)OC(C)OP(=O)(OC(C)OC(=O)OC(C)C)OP(=O)(O)OC[C@H]1O[C@@H](n2ccc(=O)n(Cc3coc4ccccc34)c2=O)[C@@H](O)C1O. The first kappa shape index (κ1) is 39.9. The Morgan fingerprint density at radius 1 is 0.941 bits per heavy atom. The van der Waals surface area contributed by atoms with Gasteiger partial charge in [-0.15, -0.1) is 0 Å². The van der Waals surface area contributed by atoms with E-state index in [-0.39, 0.29) is 6.54 Å². The lowest BCUT2D eigenvalue weighted by atomic mass is 10.1. The van der Waals surface area contributed by atoms with Gasteiger partial charge in [-0.3, -0.25) is 18.5 Å². The van der Waals surface area contributed by atoms with Crippen molar-refractivity contribution in [3.63, 3.8) is 0 Å². The van der Waals surface area contributed by atoms with Gasteiger partial charge in [-0.05, 0) is 33.8 Å². The first-order valence-electron chi connectivity index (χ1n) is 15.0. The van der Waals surface area contributed by atoms with Gasteiger partial charge in [-0.2, -0.15) is 4.31 Å². The Bertz CT molecular complexity index is 1910. The number of carbonyl (C=O) groups is 2. The second-order valence-electron chi connectivity index (χ2n) is 11.0. The molecule has 8 atom stereocenters. The summed E-state index contributed by atoms with van der Waals surface area (Å²) < 4.78 is 76.9. The molecule has 0 radical (unpaired) electrons. The molecule has 23 heteroatoms. The van der Waals surface area contributed by atoms with Crippen LogP contribution in [0, 0.1) is 0 Å². The first-order valence-corrected chi connectivity index (χ1v) is 17.9. The molecule has 1 saturated heterocycles. The highest BCUT2D eigenvalue weighted by Gasteiger charge is 2.47. The van der Waals surface area contributed by atoms with Crippen molar-refractivity contribution in [2.45, 2.75) is 77.5 Å². The summed E-state index contributed by atoms with van der Waals surface area (Å²) in [6, 6.07) is 7.96. The van der Waals surface area contributed by atoms with Gasteiger partial charge in [0.05, 0.1) is 32.6 Å². The van der Waals surface area contributed by atoms with Crippen LogP contribution in [0.25, 0.3) is 11.0 Å². The number of phosphoric acid groups is 2. The predicted octanol–water partition coefficient (Wildman–Crippen LogP) is 2.74. The largest absolute Gasteiger partial charge is 0.510 e. The Morgan fingerprint density at radius 2 is 1.59 bits per heavy atom. The molecule has 0 aliphatic carbocycles. The number of carbonyl (C=O) groups excluding carboxylic acids is 2. The Labute approximate surface area is 288 Å². The molecule has 0 bridgehead atoms. The molecule has 282 valence electrons. The molecular weight excluding hydrogens is 730 g/mol. The van der Waals surface area contributed by atoms with E-state index in [4.69, 9.17) is 32.2 Å². The van der Waals surface area contributed by atoms with Crippen molar-refractivity contribution in [1.82, 2.24) is 9.13 Å². The van der Waals surface area contributed by atoms with Gasteiger partial charge < -0.3 is 43.2 Å². The molecule has 1 aromatic carbocycles. The highest BCUT2D eigenvalue weighted by molar-refractivity contribution is 7.61. The third kappa shape index (κ3) is 10.4. The number of rotatable bonds is 15. The van der Waals surface area contributed by atoms with Crippen LogP contribution in [0.1, 0.15) is 39.5 Å². The topological polar surface area (TPSA) is 269 Å². The summed E-state index contributed by atoms with van der Waals surface area (Å²) >= 11 is 0. The number of phosphoric ester groups is 2. The standard InChI is InChI=1S/C28H36N2O19P2/c1-15(2)43-28(36)45-17(4)48-51(39,47-16(3)44-27(35)40-5)49-50(37,38)42-14-21-23(32)24(33)25(46-21)29-11-10-22(31)30(26(29)34)12-18-13-41-20-9-7-6-8-19(18)20/h6-11,13,15-17,21,23-25,32-33H,12,14H2,1-5H3,(H,37,38)/t16?,17?,21-,23?,24+,25-,51?/m1/s1. The molecule has 51 heavy (non-hydrogen) atoms. The Kier molecular flexibility index (Phi) is 13.0. The maximum absolute atomic E-state index is 13.4. The van der Waals surface area contributed by atoms with Crippen molar-refractivity contribution in [3.05, 3.63) is 69.2 Å². The van der Waals surface area contributed by atoms with Gasteiger partial charge in [0.15, 0.2) is 6.23 Å². The lowest BCUT2D eigenvalue weighted by Crippen LogP contribution is -2.43. The van der Waals surface area contributed by atoms with E-state index in [9.17, 15) is 43.4 Å². The molecular formula is C28H36N2O19P2. The van der Waals surface area contributed by atoms with Crippen molar-refractivity contribution >= 4 is 38.9 Å². The van der Waals surface area contributed by atoms with Crippen LogP contribution in [0.15, 0.2) is 56.8 Å². The third-order valence-electron chi connectivity index (χ3n) is 6.78. The van der Waals surface area contributed by atoms with Crippen LogP contribution in [0.4, 0.5) is 9.59 Å². The van der Waals surface area contributed by atoms with E-state index >= 15 is 0 Å². The number of aliphatic hydroxyl groups is 2. The Hall–Kier alpha value is -3.88. The van der Waals surface area contributed by atoms with Crippen molar-refractivity contribution in [3.8, 4) is 0 Å². The highest BCUT2D eigenvalue weighted by Crippen LogP contribution is 2.64. The fraction of sp³-hybridized carbons (Fsp3) is 0.500. The minimum absolute atomic E-state index is 0.214. The number of benzene rings is 1. The molecule has 3 heterocycles. The molecule has 3 aromatic rings. The van der Waals surface area contributed by atoms with E-state index in [0.717, 1.165) is 42.4 Å². The Balaban J connectivity index is 1.47. The van der Waals surface area contributed by atoms with Crippen LogP contribution in [0.5, 0.6) is 0 Å². The monoisotopic (exact) mass is 766 g/mol. The molecule has 1 fully saturated rings. The fourth-order valence-electron chi connectivity index (χ4n) is 4.62. The molecule has 1 aliphatic heterocycles.